The second-order valence-corrected chi connectivity index (χ2v) is 6.20. The van der Waals surface area contributed by atoms with Crippen LogP contribution in [0.2, 0.25) is 0 Å². The molecule has 1 atom stereocenters. The fourth-order valence-corrected chi connectivity index (χ4v) is 3.55. The molecule has 1 saturated heterocycles. The smallest absolute Gasteiger partial charge is 0.256 e. The van der Waals surface area contributed by atoms with E-state index in [0.717, 1.165) is 36.1 Å². The Hall–Kier alpha value is -2.62. The van der Waals surface area contributed by atoms with E-state index in [2.05, 4.69) is 41.2 Å². The molecule has 0 radical (unpaired) electrons. The maximum atomic E-state index is 12.9. The Labute approximate surface area is 135 Å². The first-order chi connectivity index (χ1) is 11.2. The molecule has 1 aromatic carbocycles. The quantitative estimate of drug-likeness (QED) is 0.787. The number of carbonyl (C=O) groups excluding carboxylic acids is 1. The topological polar surface area (TPSA) is 49.0 Å². The van der Waals surface area contributed by atoms with Crippen molar-refractivity contribution in [2.45, 2.75) is 19.3 Å². The molecule has 1 N–H and O–H groups in total. The van der Waals surface area contributed by atoms with E-state index in [9.17, 15) is 4.79 Å². The van der Waals surface area contributed by atoms with Gasteiger partial charge < -0.3 is 9.88 Å². The maximum absolute atomic E-state index is 12.9. The fraction of sp³-hybridized carbons (Fsp3) is 0.263. The lowest BCUT2D eigenvalue weighted by Gasteiger charge is -2.17. The van der Waals surface area contributed by atoms with E-state index in [1.807, 2.05) is 17.0 Å². The van der Waals surface area contributed by atoms with Gasteiger partial charge in [-0.15, -0.1) is 0 Å². The van der Waals surface area contributed by atoms with Gasteiger partial charge >= 0.3 is 0 Å². The minimum Gasteiger partial charge on any atom is -0.345 e. The molecule has 1 aliphatic rings. The van der Waals surface area contributed by atoms with Crippen LogP contribution in [0.5, 0.6) is 0 Å². The number of carbonyl (C=O) groups is 1. The first-order valence-corrected chi connectivity index (χ1v) is 8.01. The summed E-state index contributed by atoms with van der Waals surface area (Å²) in [5.74, 6) is 0.531. The summed E-state index contributed by atoms with van der Waals surface area (Å²) in [6.07, 6.45) is 4.54. The summed E-state index contributed by atoms with van der Waals surface area (Å²) >= 11 is 0. The largest absolute Gasteiger partial charge is 0.345 e. The molecule has 0 aliphatic carbocycles. The highest BCUT2D eigenvalue weighted by atomic mass is 16.2. The maximum Gasteiger partial charge on any atom is 0.256 e. The lowest BCUT2D eigenvalue weighted by molar-refractivity contribution is 0.0792. The summed E-state index contributed by atoms with van der Waals surface area (Å²) in [4.78, 5) is 22.2. The van der Waals surface area contributed by atoms with Gasteiger partial charge in [0.15, 0.2) is 0 Å². The third-order valence-electron chi connectivity index (χ3n) is 4.79. The van der Waals surface area contributed by atoms with Gasteiger partial charge in [0.1, 0.15) is 5.65 Å². The van der Waals surface area contributed by atoms with Gasteiger partial charge in [0.25, 0.3) is 5.91 Å². The molecule has 3 heterocycles. The lowest BCUT2D eigenvalue weighted by Crippen LogP contribution is -2.28. The fourth-order valence-electron chi connectivity index (χ4n) is 3.55. The van der Waals surface area contributed by atoms with Crippen LogP contribution in [-0.4, -0.2) is 33.9 Å². The van der Waals surface area contributed by atoms with Crippen LogP contribution in [-0.2, 0) is 0 Å². The second-order valence-electron chi connectivity index (χ2n) is 6.20. The van der Waals surface area contributed by atoms with E-state index >= 15 is 0 Å². The van der Waals surface area contributed by atoms with Gasteiger partial charge in [0, 0.05) is 36.8 Å². The number of aromatic nitrogens is 2. The number of aromatic amines is 1. The van der Waals surface area contributed by atoms with Crippen LogP contribution < -0.4 is 0 Å². The molecule has 1 fully saturated rings. The molecule has 4 nitrogen and oxygen atoms in total. The van der Waals surface area contributed by atoms with Crippen molar-refractivity contribution in [3.8, 4) is 0 Å². The van der Waals surface area contributed by atoms with Crippen LogP contribution in [0.25, 0.3) is 11.0 Å². The number of hydrogen-bond acceptors (Lipinski definition) is 2. The van der Waals surface area contributed by atoms with E-state index in [1.165, 1.54) is 11.1 Å². The summed E-state index contributed by atoms with van der Waals surface area (Å²) in [7, 11) is 0. The molecule has 3 aromatic rings. The number of aryl methyl sites for hydroxylation is 1. The predicted octanol–water partition coefficient (Wildman–Crippen LogP) is 3.50. The highest BCUT2D eigenvalue weighted by Crippen LogP contribution is 2.30. The van der Waals surface area contributed by atoms with Crippen molar-refractivity contribution < 1.29 is 4.79 Å². The van der Waals surface area contributed by atoms with E-state index in [1.54, 1.807) is 12.4 Å². The molecule has 1 amide bonds. The minimum atomic E-state index is 0.0975. The van der Waals surface area contributed by atoms with E-state index in [4.69, 9.17) is 0 Å². The summed E-state index contributed by atoms with van der Waals surface area (Å²) in [5, 5.41) is 0.900. The summed E-state index contributed by atoms with van der Waals surface area (Å²) in [6, 6.07) is 12.3. The second kappa shape index (κ2) is 5.54. The van der Waals surface area contributed by atoms with Gasteiger partial charge in [0.2, 0.25) is 0 Å². The lowest BCUT2D eigenvalue weighted by atomic mass is 9.94. The molecular formula is C19H19N3O. The molecule has 1 aliphatic heterocycles. The monoisotopic (exact) mass is 305 g/mol. The SMILES string of the molecule is Cc1ccccc1[C@@H]1CCN(C(=O)c2c[nH]c3ncccc23)C1. The molecule has 0 spiro atoms. The summed E-state index contributed by atoms with van der Waals surface area (Å²) < 4.78 is 0. The van der Waals surface area contributed by atoms with Crippen molar-refractivity contribution in [2.24, 2.45) is 0 Å². The van der Waals surface area contributed by atoms with Crippen LogP contribution in [0.4, 0.5) is 0 Å². The average molecular weight is 305 g/mol. The Kier molecular flexibility index (Phi) is 3.37. The Morgan fingerprint density at radius 3 is 3.00 bits per heavy atom. The van der Waals surface area contributed by atoms with Gasteiger partial charge in [-0.25, -0.2) is 4.98 Å². The Bertz CT molecular complexity index is 868. The highest BCUT2D eigenvalue weighted by molar-refractivity contribution is 6.06. The molecule has 2 aromatic heterocycles. The number of fused-ring (bicyclic) bond motifs is 1. The molecule has 23 heavy (non-hydrogen) atoms. The zero-order chi connectivity index (χ0) is 15.8. The molecule has 4 rings (SSSR count). The number of nitrogens with zero attached hydrogens (tertiary/aromatic N) is 2. The van der Waals surface area contributed by atoms with E-state index < -0.39 is 0 Å². The Morgan fingerprint density at radius 1 is 1.26 bits per heavy atom. The summed E-state index contributed by atoms with van der Waals surface area (Å²) in [5.41, 5.74) is 4.16. The zero-order valence-corrected chi connectivity index (χ0v) is 13.1. The number of amides is 1. The first-order valence-electron chi connectivity index (χ1n) is 8.01. The van der Waals surface area contributed by atoms with Crippen molar-refractivity contribution in [3.05, 3.63) is 65.5 Å². The van der Waals surface area contributed by atoms with Crippen LogP contribution in [0.3, 0.4) is 0 Å². The minimum absolute atomic E-state index is 0.0975. The van der Waals surface area contributed by atoms with Crippen LogP contribution in [0.15, 0.2) is 48.8 Å². The predicted molar refractivity (Wildman–Crippen MR) is 90.5 cm³/mol. The number of rotatable bonds is 2. The molecule has 4 heteroatoms. The van der Waals surface area contributed by atoms with E-state index in [0.29, 0.717) is 5.92 Å². The number of nitrogens with one attached hydrogen (secondary N) is 1. The normalized spacial score (nSPS) is 17.8. The van der Waals surface area contributed by atoms with Gasteiger partial charge in [-0.3, -0.25) is 4.79 Å². The van der Waals surface area contributed by atoms with Gasteiger partial charge in [-0.1, -0.05) is 24.3 Å². The van der Waals surface area contributed by atoms with E-state index in [-0.39, 0.29) is 5.91 Å². The average Bonchev–Trinajstić information content (AvgIpc) is 3.22. The molecule has 0 unspecified atom stereocenters. The molecular weight excluding hydrogens is 286 g/mol. The van der Waals surface area contributed by atoms with Crippen LogP contribution >= 0.6 is 0 Å². The van der Waals surface area contributed by atoms with Gasteiger partial charge in [-0.05, 0) is 36.6 Å². The van der Waals surface area contributed by atoms with Gasteiger partial charge in [-0.2, -0.15) is 0 Å². The Balaban J connectivity index is 1.58. The van der Waals surface area contributed by atoms with Crippen molar-refractivity contribution in [1.82, 2.24) is 14.9 Å². The number of likely N-dealkylation sites (tertiary alicyclic amines) is 1. The number of pyridine rings is 1. The number of H-pyrrole nitrogens is 1. The number of hydrogen-bond donors (Lipinski definition) is 1. The standard InChI is InChI=1S/C19H19N3O/c1-13-5-2-3-6-15(13)14-8-10-22(12-14)19(23)17-11-21-18-16(17)7-4-9-20-18/h2-7,9,11,14H,8,10,12H2,1H3,(H,20,21)/t14-/m1/s1. The number of benzene rings is 1. The molecule has 0 saturated carbocycles. The molecule has 0 bridgehead atoms. The third-order valence-corrected chi connectivity index (χ3v) is 4.79. The van der Waals surface area contributed by atoms with Crippen LogP contribution in [0.1, 0.15) is 33.8 Å². The Morgan fingerprint density at radius 2 is 2.13 bits per heavy atom. The van der Waals surface area contributed by atoms with Crippen molar-refractivity contribution in [1.29, 1.82) is 0 Å². The third kappa shape index (κ3) is 2.40. The van der Waals surface area contributed by atoms with Gasteiger partial charge in [0.05, 0.1) is 5.56 Å². The first kappa shape index (κ1) is 14.0. The van der Waals surface area contributed by atoms with Crippen molar-refractivity contribution in [3.63, 3.8) is 0 Å². The summed E-state index contributed by atoms with van der Waals surface area (Å²) in [6.45, 7) is 3.74. The highest BCUT2D eigenvalue weighted by Gasteiger charge is 2.29. The molecule has 116 valence electrons. The van der Waals surface area contributed by atoms with Crippen LogP contribution in [0, 0.1) is 6.92 Å². The zero-order valence-electron chi connectivity index (χ0n) is 13.1. The van der Waals surface area contributed by atoms with Crippen molar-refractivity contribution in [2.75, 3.05) is 13.1 Å². The van der Waals surface area contributed by atoms with Crippen molar-refractivity contribution >= 4 is 16.9 Å².